The van der Waals surface area contributed by atoms with Gasteiger partial charge in [0.15, 0.2) is 0 Å². The molecule has 0 aromatic rings. The van der Waals surface area contributed by atoms with Gasteiger partial charge in [-0.1, -0.05) is 33.3 Å². The van der Waals surface area contributed by atoms with Gasteiger partial charge in [-0.05, 0) is 37.0 Å². The average Bonchev–Trinajstić information content (AvgIpc) is 2.45. The normalized spacial score (nSPS) is 24.5. The predicted octanol–water partition coefficient (Wildman–Crippen LogP) is 3.20. The summed E-state index contributed by atoms with van der Waals surface area (Å²) in [6, 6.07) is 0. The molecule has 1 fully saturated rings. The molecule has 0 N–H and O–H groups in total. The molecule has 3 atom stereocenters. The molecule has 5 heteroatoms. The minimum Gasteiger partial charge on any atom is -0.453 e. The van der Waals surface area contributed by atoms with Gasteiger partial charge in [0.1, 0.15) is 6.10 Å². The highest BCUT2D eigenvalue weighted by atomic mass is 16.5. The molecule has 1 aliphatic carbocycles. The van der Waals surface area contributed by atoms with Crippen LogP contribution in [0, 0.1) is 17.8 Å². The number of esters is 1. The molecule has 0 heterocycles. The van der Waals surface area contributed by atoms with Gasteiger partial charge >= 0.3 is 11.7 Å². The molecular formula is C17H26N2O3. The highest BCUT2D eigenvalue weighted by Crippen LogP contribution is 2.35. The fraction of sp³-hybridized carbons (Fsp3) is 0.706. The summed E-state index contributed by atoms with van der Waals surface area (Å²) in [5, 5.41) is 0. The molecule has 1 saturated carbocycles. The van der Waals surface area contributed by atoms with Crippen LogP contribution >= 0.6 is 0 Å². The highest BCUT2D eigenvalue weighted by Gasteiger charge is 2.38. The first-order valence-electron chi connectivity index (χ1n) is 7.97. The van der Waals surface area contributed by atoms with E-state index in [1.165, 1.54) is 0 Å². The predicted molar refractivity (Wildman–Crippen MR) is 84.3 cm³/mol. The fourth-order valence-electron chi connectivity index (χ4n) is 3.01. The summed E-state index contributed by atoms with van der Waals surface area (Å²) in [6.45, 7) is 9.87. The maximum absolute atomic E-state index is 12.2. The van der Waals surface area contributed by atoms with E-state index in [4.69, 9.17) is 10.3 Å². The molecular weight excluding hydrogens is 280 g/mol. The fourth-order valence-corrected chi connectivity index (χ4v) is 3.01. The van der Waals surface area contributed by atoms with Crippen molar-refractivity contribution in [2.75, 3.05) is 0 Å². The van der Waals surface area contributed by atoms with Crippen LogP contribution in [0.2, 0.25) is 0 Å². The van der Waals surface area contributed by atoms with Crippen LogP contribution in [0.25, 0.3) is 5.53 Å². The summed E-state index contributed by atoms with van der Waals surface area (Å²) in [6.07, 6.45) is 4.79. The number of ether oxygens (including phenoxy) is 1. The molecule has 1 aliphatic rings. The van der Waals surface area contributed by atoms with Crippen LogP contribution < -0.4 is 0 Å². The van der Waals surface area contributed by atoms with Gasteiger partial charge < -0.3 is 10.3 Å². The largest absolute Gasteiger partial charge is 0.453 e. The maximum atomic E-state index is 12.2. The molecule has 22 heavy (non-hydrogen) atoms. The Morgan fingerprint density at radius 3 is 2.64 bits per heavy atom. The minimum atomic E-state index is -0.818. The Morgan fingerprint density at radius 1 is 1.41 bits per heavy atom. The van der Waals surface area contributed by atoms with E-state index in [-0.39, 0.29) is 18.4 Å². The average molecular weight is 306 g/mol. The lowest BCUT2D eigenvalue weighted by Crippen LogP contribution is -2.39. The SMILES string of the molecule is C=CCCC(=O)C(=[N+]=[N-])C(=O)O[C@H]1C[C@@H](C)CC[C@@H]1C(C)C. The van der Waals surface area contributed by atoms with E-state index in [1.54, 1.807) is 6.08 Å². The van der Waals surface area contributed by atoms with E-state index in [1.807, 2.05) is 0 Å². The first-order valence-corrected chi connectivity index (χ1v) is 7.97. The zero-order valence-electron chi connectivity index (χ0n) is 13.7. The van der Waals surface area contributed by atoms with Gasteiger partial charge in [-0.2, -0.15) is 4.79 Å². The number of carbonyl (C=O) groups is 2. The van der Waals surface area contributed by atoms with Crippen molar-refractivity contribution in [2.24, 2.45) is 17.8 Å². The number of allylic oxidation sites excluding steroid dienone is 1. The zero-order valence-corrected chi connectivity index (χ0v) is 13.7. The second-order valence-electron chi connectivity index (χ2n) is 6.47. The van der Waals surface area contributed by atoms with Gasteiger partial charge in [0.25, 0.3) is 5.78 Å². The first-order chi connectivity index (χ1) is 10.4. The molecule has 0 saturated heterocycles. The van der Waals surface area contributed by atoms with E-state index >= 15 is 0 Å². The first kappa shape index (κ1) is 18.3. The Bertz CT molecular complexity index is 478. The van der Waals surface area contributed by atoms with Crippen LogP contribution in [0.15, 0.2) is 12.7 Å². The Kier molecular flexibility index (Phi) is 7.19. The second kappa shape index (κ2) is 8.64. The van der Waals surface area contributed by atoms with Crippen molar-refractivity contribution in [3.8, 4) is 0 Å². The van der Waals surface area contributed by atoms with Crippen molar-refractivity contribution in [3.63, 3.8) is 0 Å². The van der Waals surface area contributed by atoms with Crippen LogP contribution in [0.5, 0.6) is 0 Å². The summed E-state index contributed by atoms with van der Waals surface area (Å²) >= 11 is 0. The molecule has 5 nitrogen and oxygen atoms in total. The summed E-state index contributed by atoms with van der Waals surface area (Å²) in [4.78, 5) is 26.9. The Balaban J connectivity index is 2.77. The number of ketones is 1. The van der Waals surface area contributed by atoms with Crippen LogP contribution in [0.4, 0.5) is 0 Å². The summed E-state index contributed by atoms with van der Waals surface area (Å²) in [5.41, 5.74) is 8.45. The van der Waals surface area contributed by atoms with Gasteiger partial charge in [0, 0.05) is 6.42 Å². The van der Waals surface area contributed by atoms with Crippen LogP contribution in [0.1, 0.15) is 52.9 Å². The molecule has 0 radical (unpaired) electrons. The van der Waals surface area contributed by atoms with E-state index in [2.05, 4.69) is 32.1 Å². The zero-order chi connectivity index (χ0) is 16.7. The lowest BCUT2D eigenvalue weighted by molar-refractivity contribution is -0.153. The lowest BCUT2D eigenvalue weighted by atomic mass is 9.75. The van der Waals surface area contributed by atoms with Gasteiger partial charge in [0.2, 0.25) is 0 Å². The van der Waals surface area contributed by atoms with Crippen LogP contribution in [-0.4, -0.2) is 28.4 Å². The van der Waals surface area contributed by atoms with Gasteiger partial charge in [0.05, 0.1) is 0 Å². The molecule has 0 aliphatic heterocycles. The third-order valence-electron chi connectivity index (χ3n) is 4.35. The highest BCUT2D eigenvalue weighted by molar-refractivity contribution is 6.62. The number of Topliss-reactive ketones (excluding diaryl/α,β-unsaturated/α-hetero) is 1. The van der Waals surface area contributed by atoms with Gasteiger partial charge in [-0.25, -0.2) is 4.79 Å². The molecule has 0 spiro atoms. The number of hydrogen-bond donors (Lipinski definition) is 0. The van der Waals surface area contributed by atoms with Gasteiger partial charge in [-0.15, -0.1) is 6.58 Å². The van der Waals surface area contributed by atoms with Crippen molar-refractivity contribution < 1.29 is 19.1 Å². The van der Waals surface area contributed by atoms with Crippen molar-refractivity contribution in [1.82, 2.24) is 0 Å². The number of carbonyl (C=O) groups excluding carboxylic acids is 2. The Hall–Kier alpha value is -1.74. The molecule has 0 aromatic carbocycles. The van der Waals surface area contributed by atoms with Crippen molar-refractivity contribution in [3.05, 3.63) is 18.2 Å². The molecule has 0 aromatic heterocycles. The van der Waals surface area contributed by atoms with Crippen molar-refractivity contribution >= 4 is 17.5 Å². The monoisotopic (exact) mass is 306 g/mol. The standard InChI is InChI=1S/C17H26N2O3/c1-5-6-7-14(20)16(19-18)17(21)22-15-10-12(4)8-9-13(15)11(2)3/h5,11-13,15H,1,6-10H2,2-4H3/t12-,13+,15-/m0/s1. The van der Waals surface area contributed by atoms with E-state index in [9.17, 15) is 9.59 Å². The van der Waals surface area contributed by atoms with E-state index in [0.717, 1.165) is 19.3 Å². The molecule has 122 valence electrons. The summed E-state index contributed by atoms with van der Waals surface area (Å²) < 4.78 is 5.51. The number of nitrogens with zero attached hydrogens (tertiary/aromatic N) is 2. The quantitative estimate of drug-likeness (QED) is 0.181. The van der Waals surface area contributed by atoms with E-state index in [0.29, 0.717) is 18.3 Å². The smallest absolute Gasteiger partial charge is 0.441 e. The summed E-state index contributed by atoms with van der Waals surface area (Å²) in [7, 11) is 0. The second-order valence-corrected chi connectivity index (χ2v) is 6.47. The topological polar surface area (TPSA) is 79.8 Å². The molecule has 0 amide bonds. The maximum Gasteiger partial charge on any atom is 0.441 e. The van der Waals surface area contributed by atoms with Crippen molar-refractivity contribution in [2.45, 2.75) is 59.0 Å². The third kappa shape index (κ3) is 4.92. The number of hydrogen-bond acceptors (Lipinski definition) is 3. The van der Waals surface area contributed by atoms with Crippen molar-refractivity contribution in [1.29, 1.82) is 0 Å². The molecule has 0 unspecified atom stereocenters. The van der Waals surface area contributed by atoms with E-state index < -0.39 is 17.5 Å². The Labute approximate surface area is 132 Å². The van der Waals surface area contributed by atoms with Crippen LogP contribution in [-0.2, 0) is 14.3 Å². The molecule has 1 rings (SSSR count). The number of rotatable bonds is 7. The Morgan fingerprint density at radius 2 is 2.09 bits per heavy atom. The summed E-state index contributed by atoms with van der Waals surface area (Å²) in [5.74, 6) is -0.169. The van der Waals surface area contributed by atoms with Gasteiger partial charge in [-0.3, -0.25) is 4.79 Å². The lowest BCUT2D eigenvalue weighted by Gasteiger charge is -2.36. The molecule has 0 bridgehead atoms. The third-order valence-corrected chi connectivity index (χ3v) is 4.35. The minimum absolute atomic E-state index is 0.0900. The van der Waals surface area contributed by atoms with Crippen LogP contribution in [0.3, 0.4) is 0 Å².